The van der Waals surface area contributed by atoms with E-state index in [9.17, 15) is 9.59 Å². The molecule has 0 radical (unpaired) electrons. The Balaban J connectivity index is 3.73. The molecule has 0 aliphatic carbocycles. The van der Waals surface area contributed by atoms with E-state index in [0.717, 1.165) is 26.1 Å². The molecule has 8 nitrogen and oxygen atoms in total. The molecule has 0 aromatic heterocycles. The van der Waals surface area contributed by atoms with E-state index >= 15 is 0 Å². The highest BCUT2D eigenvalue weighted by molar-refractivity contribution is 9.12. The molecule has 0 spiro atoms. The van der Waals surface area contributed by atoms with Crippen LogP contribution in [0, 0.1) is 0 Å². The maximum Gasteiger partial charge on any atom is 0.235 e. The zero-order valence-corrected chi connectivity index (χ0v) is 20.0. The molecule has 0 aromatic carbocycles. The van der Waals surface area contributed by atoms with Gasteiger partial charge >= 0.3 is 0 Å². The summed E-state index contributed by atoms with van der Waals surface area (Å²) in [5.41, 5.74) is 0. The first-order valence-electron chi connectivity index (χ1n) is 9.69. The van der Waals surface area contributed by atoms with Crippen molar-refractivity contribution in [3.63, 3.8) is 0 Å². The van der Waals surface area contributed by atoms with Gasteiger partial charge < -0.3 is 29.6 Å². The number of halogens is 2. The number of carbonyl (C=O) groups excluding carboxylic acids is 2. The Kier molecular flexibility index (Phi) is 19.8. The molecule has 0 heterocycles. The Bertz CT molecular complexity index is 368. The monoisotopic (exact) mass is 532 g/mol. The second-order valence-corrected chi connectivity index (χ2v) is 7.81. The van der Waals surface area contributed by atoms with Gasteiger partial charge in [0.25, 0.3) is 0 Å². The zero-order valence-electron chi connectivity index (χ0n) is 16.8. The van der Waals surface area contributed by atoms with Crippen LogP contribution in [0.1, 0.15) is 26.7 Å². The van der Waals surface area contributed by atoms with Crippen LogP contribution in [0.2, 0.25) is 0 Å². The molecule has 10 heteroatoms. The molecule has 166 valence electrons. The summed E-state index contributed by atoms with van der Waals surface area (Å²) in [4.78, 5) is 22.8. The number of carbonyl (C=O) groups is 2. The lowest BCUT2D eigenvalue weighted by Crippen LogP contribution is -2.45. The molecule has 0 saturated heterocycles. The van der Waals surface area contributed by atoms with Crippen molar-refractivity contribution in [2.24, 2.45) is 0 Å². The molecule has 0 fully saturated rings. The zero-order chi connectivity index (χ0) is 21.0. The Morgan fingerprint density at radius 1 is 0.643 bits per heavy atom. The topological polar surface area (TPSA) is 95.1 Å². The molecule has 2 atom stereocenters. The molecule has 2 amide bonds. The van der Waals surface area contributed by atoms with Gasteiger partial charge in [-0.05, 0) is 12.8 Å². The van der Waals surface area contributed by atoms with Crippen molar-refractivity contribution >= 4 is 43.7 Å². The molecule has 2 unspecified atom stereocenters. The SMILES string of the molecule is CCCOCCOCCNC(=O)C(Br)C(Br)C(=O)NCCOCCOCCC. The van der Waals surface area contributed by atoms with Gasteiger partial charge in [0, 0.05) is 26.3 Å². The normalized spacial score (nSPS) is 13.1. The van der Waals surface area contributed by atoms with Crippen LogP contribution >= 0.6 is 31.9 Å². The van der Waals surface area contributed by atoms with Gasteiger partial charge in [-0.15, -0.1) is 0 Å². The predicted octanol–water partition coefficient (Wildman–Crippen LogP) is 1.63. The fourth-order valence-corrected chi connectivity index (χ4v) is 2.69. The number of nitrogens with one attached hydrogen (secondary N) is 2. The first-order chi connectivity index (χ1) is 13.5. The quantitative estimate of drug-likeness (QED) is 0.193. The summed E-state index contributed by atoms with van der Waals surface area (Å²) >= 11 is 6.50. The number of hydrogen-bond acceptors (Lipinski definition) is 6. The van der Waals surface area contributed by atoms with Gasteiger partial charge in [0.2, 0.25) is 11.8 Å². The molecule has 28 heavy (non-hydrogen) atoms. The first kappa shape index (κ1) is 27.7. The number of amides is 2. The molecular weight excluding hydrogens is 500 g/mol. The lowest BCUT2D eigenvalue weighted by atomic mass is 10.2. The van der Waals surface area contributed by atoms with Gasteiger partial charge in [0.1, 0.15) is 9.65 Å². The molecule has 0 aliphatic heterocycles. The minimum absolute atomic E-state index is 0.285. The number of rotatable bonds is 19. The van der Waals surface area contributed by atoms with Crippen LogP contribution in [0.25, 0.3) is 0 Å². The average molecular weight is 534 g/mol. The van der Waals surface area contributed by atoms with E-state index in [4.69, 9.17) is 18.9 Å². The molecular formula is C18H34Br2N2O6. The molecule has 0 rings (SSSR count). The third kappa shape index (κ3) is 15.6. The summed E-state index contributed by atoms with van der Waals surface area (Å²) in [5.74, 6) is -0.570. The number of ether oxygens (including phenoxy) is 4. The van der Waals surface area contributed by atoms with Crippen molar-refractivity contribution in [1.29, 1.82) is 0 Å². The van der Waals surface area contributed by atoms with E-state index in [1.165, 1.54) is 0 Å². The van der Waals surface area contributed by atoms with Gasteiger partial charge in [-0.1, -0.05) is 45.7 Å². The molecule has 2 N–H and O–H groups in total. The van der Waals surface area contributed by atoms with E-state index in [1.807, 2.05) is 13.8 Å². The van der Waals surface area contributed by atoms with Crippen molar-refractivity contribution in [3.05, 3.63) is 0 Å². The van der Waals surface area contributed by atoms with Gasteiger partial charge in [-0.2, -0.15) is 0 Å². The van der Waals surface area contributed by atoms with Crippen LogP contribution in [0.5, 0.6) is 0 Å². The summed E-state index contributed by atoms with van der Waals surface area (Å²) in [6.07, 6.45) is 1.95. The largest absolute Gasteiger partial charge is 0.379 e. The second kappa shape index (κ2) is 20.0. The van der Waals surface area contributed by atoms with Crippen LogP contribution in [0.4, 0.5) is 0 Å². The molecule has 0 bridgehead atoms. The summed E-state index contributed by atoms with van der Waals surface area (Å²) in [5, 5.41) is 5.44. The van der Waals surface area contributed by atoms with Gasteiger partial charge in [0.05, 0.1) is 39.6 Å². The van der Waals surface area contributed by atoms with Gasteiger partial charge in [-0.25, -0.2) is 0 Å². The van der Waals surface area contributed by atoms with Crippen molar-refractivity contribution in [1.82, 2.24) is 10.6 Å². The van der Waals surface area contributed by atoms with Crippen molar-refractivity contribution < 1.29 is 28.5 Å². The standard InChI is InChI=1S/C18H34Br2N2O6/c1-3-7-25-11-13-27-9-5-21-17(23)15(19)16(20)18(24)22-6-10-28-14-12-26-8-4-2/h15-16H,3-14H2,1-2H3,(H,21,23)(H,22,24). The Labute approximate surface area is 185 Å². The van der Waals surface area contributed by atoms with Crippen LogP contribution in [0.15, 0.2) is 0 Å². The van der Waals surface area contributed by atoms with Crippen LogP contribution in [-0.2, 0) is 28.5 Å². The minimum Gasteiger partial charge on any atom is -0.379 e. The summed E-state index contributed by atoms with van der Waals surface area (Å²) in [6.45, 7) is 9.11. The van der Waals surface area contributed by atoms with E-state index in [2.05, 4.69) is 42.5 Å². The van der Waals surface area contributed by atoms with E-state index in [-0.39, 0.29) is 11.8 Å². The Morgan fingerprint density at radius 3 is 1.29 bits per heavy atom. The maximum absolute atomic E-state index is 12.1. The van der Waals surface area contributed by atoms with E-state index < -0.39 is 9.65 Å². The van der Waals surface area contributed by atoms with E-state index in [1.54, 1.807) is 0 Å². The fraction of sp³-hybridized carbons (Fsp3) is 0.889. The van der Waals surface area contributed by atoms with Crippen LogP contribution in [0.3, 0.4) is 0 Å². The van der Waals surface area contributed by atoms with Gasteiger partial charge in [-0.3, -0.25) is 9.59 Å². The highest BCUT2D eigenvalue weighted by Gasteiger charge is 2.29. The Morgan fingerprint density at radius 2 is 0.964 bits per heavy atom. The molecule has 0 aromatic rings. The third-order valence-corrected chi connectivity index (χ3v) is 5.89. The summed E-state index contributed by atoms with van der Waals surface area (Å²) in [6, 6.07) is 0. The maximum atomic E-state index is 12.1. The van der Waals surface area contributed by atoms with Crippen molar-refractivity contribution in [2.45, 2.75) is 36.3 Å². The van der Waals surface area contributed by atoms with Crippen LogP contribution in [-0.4, -0.2) is 87.4 Å². The van der Waals surface area contributed by atoms with E-state index in [0.29, 0.717) is 52.7 Å². The summed E-state index contributed by atoms with van der Waals surface area (Å²) in [7, 11) is 0. The lowest BCUT2D eigenvalue weighted by molar-refractivity contribution is -0.125. The first-order valence-corrected chi connectivity index (χ1v) is 11.5. The van der Waals surface area contributed by atoms with Gasteiger partial charge in [0.15, 0.2) is 0 Å². The van der Waals surface area contributed by atoms with Crippen LogP contribution < -0.4 is 10.6 Å². The highest BCUT2D eigenvalue weighted by atomic mass is 79.9. The highest BCUT2D eigenvalue weighted by Crippen LogP contribution is 2.14. The number of alkyl halides is 2. The van der Waals surface area contributed by atoms with Crippen molar-refractivity contribution in [3.8, 4) is 0 Å². The second-order valence-electron chi connectivity index (χ2n) is 5.84. The smallest absolute Gasteiger partial charge is 0.235 e. The average Bonchev–Trinajstić information content (AvgIpc) is 2.70. The fourth-order valence-electron chi connectivity index (χ4n) is 1.89. The molecule has 0 saturated carbocycles. The predicted molar refractivity (Wildman–Crippen MR) is 115 cm³/mol. The Hall–Kier alpha value is -0.260. The third-order valence-electron chi connectivity index (χ3n) is 3.29. The summed E-state index contributed by atoms with van der Waals surface area (Å²) < 4.78 is 21.3. The minimum atomic E-state index is -0.691. The molecule has 0 aliphatic rings. The van der Waals surface area contributed by atoms with Crippen molar-refractivity contribution in [2.75, 3.05) is 65.9 Å². The lowest BCUT2D eigenvalue weighted by Gasteiger charge is -2.16. The number of hydrogen-bond donors (Lipinski definition) is 2.